The number of aromatic nitrogens is 2. The summed E-state index contributed by atoms with van der Waals surface area (Å²) in [6.07, 6.45) is 2.25. The van der Waals surface area contributed by atoms with Gasteiger partial charge in [-0.05, 0) is 30.2 Å². The van der Waals surface area contributed by atoms with Crippen LogP contribution in [0.25, 0.3) is 0 Å². The topological polar surface area (TPSA) is 99.7 Å². The van der Waals surface area contributed by atoms with Crippen LogP contribution in [-0.4, -0.2) is 66.6 Å². The van der Waals surface area contributed by atoms with Crippen LogP contribution in [-0.2, 0) is 6.42 Å². The van der Waals surface area contributed by atoms with Crippen molar-refractivity contribution in [3.05, 3.63) is 41.7 Å². The molecule has 9 nitrogen and oxygen atoms in total. The third-order valence-corrected chi connectivity index (χ3v) is 5.01. The van der Waals surface area contributed by atoms with Crippen molar-refractivity contribution in [3.63, 3.8) is 0 Å². The molecule has 2 aliphatic heterocycles. The molecule has 1 saturated heterocycles. The lowest BCUT2D eigenvalue weighted by Gasteiger charge is -2.35. The van der Waals surface area contributed by atoms with Gasteiger partial charge in [-0.3, -0.25) is 4.79 Å². The maximum atomic E-state index is 12.6. The van der Waals surface area contributed by atoms with Crippen molar-refractivity contribution in [2.75, 3.05) is 50.1 Å². The average Bonchev–Trinajstić information content (AvgIpc) is 2.74. The summed E-state index contributed by atoms with van der Waals surface area (Å²) in [6.45, 7) is 3.16. The number of nitrogens with zero attached hydrogens (tertiary/aromatic N) is 4. The lowest BCUT2D eigenvalue weighted by Crippen LogP contribution is -2.50. The van der Waals surface area contributed by atoms with Crippen LogP contribution < -0.4 is 20.3 Å². The molecule has 0 spiro atoms. The monoisotopic (exact) mass is 382 g/mol. The second kappa shape index (κ2) is 7.71. The molecule has 0 unspecified atom stereocenters. The van der Waals surface area contributed by atoms with E-state index in [2.05, 4.69) is 25.5 Å². The lowest BCUT2D eigenvalue weighted by molar-refractivity contribution is 0.0946. The van der Waals surface area contributed by atoms with Crippen LogP contribution in [0.1, 0.15) is 15.9 Å². The number of urea groups is 1. The van der Waals surface area contributed by atoms with Crippen molar-refractivity contribution < 1.29 is 14.3 Å². The molecule has 2 N–H and O–H groups in total. The second-order valence-electron chi connectivity index (χ2n) is 6.70. The molecule has 1 aromatic carbocycles. The number of anilines is 2. The zero-order valence-corrected chi connectivity index (χ0v) is 15.6. The quantitative estimate of drug-likeness (QED) is 0.825. The Labute approximate surface area is 162 Å². The van der Waals surface area contributed by atoms with E-state index in [0.717, 1.165) is 17.8 Å². The predicted molar refractivity (Wildman–Crippen MR) is 104 cm³/mol. The summed E-state index contributed by atoms with van der Waals surface area (Å²) in [5.41, 5.74) is 2.35. The Balaban J connectivity index is 1.36. The molecule has 0 saturated carbocycles. The second-order valence-corrected chi connectivity index (χ2v) is 6.70. The summed E-state index contributed by atoms with van der Waals surface area (Å²) in [5.74, 6) is 1.25. The first-order valence-electron chi connectivity index (χ1n) is 9.22. The molecule has 0 radical (unpaired) electrons. The molecule has 0 aliphatic carbocycles. The maximum absolute atomic E-state index is 12.6. The fourth-order valence-corrected chi connectivity index (χ4v) is 3.46. The number of fused-ring (bicyclic) bond motifs is 1. The Morgan fingerprint density at radius 2 is 2.00 bits per heavy atom. The highest BCUT2D eigenvalue weighted by Crippen LogP contribution is 2.21. The molecule has 3 heterocycles. The fourth-order valence-electron chi connectivity index (χ4n) is 3.46. The minimum atomic E-state index is -0.139. The van der Waals surface area contributed by atoms with Gasteiger partial charge in [-0.15, -0.1) is 0 Å². The highest BCUT2D eigenvalue weighted by Gasteiger charge is 2.23. The molecule has 0 atom stereocenters. The summed E-state index contributed by atoms with van der Waals surface area (Å²) in [6, 6.07) is 7.07. The molecule has 4 rings (SSSR count). The van der Waals surface area contributed by atoms with E-state index in [9.17, 15) is 9.59 Å². The predicted octanol–water partition coefficient (Wildman–Crippen LogP) is 1.13. The number of carbonyl (C=O) groups is 2. The number of benzene rings is 1. The van der Waals surface area contributed by atoms with Crippen molar-refractivity contribution in [1.29, 1.82) is 0 Å². The van der Waals surface area contributed by atoms with Gasteiger partial charge in [0.25, 0.3) is 5.91 Å². The number of amides is 3. The van der Waals surface area contributed by atoms with Crippen LogP contribution in [0.3, 0.4) is 0 Å². The number of ether oxygens (including phenoxy) is 1. The van der Waals surface area contributed by atoms with Crippen molar-refractivity contribution in [2.24, 2.45) is 0 Å². The van der Waals surface area contributed by atoms with Gasteiger partial charge >= 0.3 is 6.03 Å². The summed E-state index contributed by atoms with van der Waals surface area (Å²) in [7, 11) is 1.57. The van der Waals surface area contributed by atoms with E-state index >= 15 is 0 Å². The normalized spacial score (nSPS) is 16.2. The first kappa shape index (κ1) is 18.0. The number of hydrogen-bond donors (Lipinski definition) is 2. The lowest BCUT2D eigenvalue weighted by atomic mass is 10.00. The highest BCUT2D eigenvalue weighted by molar-refractivity contribution is 5.98. The van der Waals surface area contributed by atoms with Gasteiger partial charge in [-0.2, -0.15) is 0 Å². The Morgan fingerprint density at radius 3 is 2.79 bits per heavy atom. The first-order chi connectivity index (χ1) is 13.6. The Hall–Kier alpha value is -3.36. The van der Waals surface area contributed by atoms with E-state index in [4.69, 9.17) is 4.74 Å². The molecule has 1 fully saturated rings. The molecule has 0 bridgehead atoms. The highest BCUT2D eigenvalue weighted by atomic mass is 16.5. The van der Waals surface area contributed by atoms with Gasteiger partial charge in [0.05, 0.1) is 7.11 Å². The van der Waals surface area contributed by atoms with Crippen LogP contribution in [0.5, 0.6) is 5.88 Å². The Kier molecular flexibility index (Phi) is 4.96. The number of rotatable bonds is 3. The van der Waals surface area contributed by atoms with Gasteiger partial charge in [0, 0.05) is 50.0 Å². The van der Waals surface area contributed by atoms with Gasteiger partial charge < -0.3 is 25.2 Å². The van der Waals surface area contributed by atoms with Crippen LogP contribution in [0.4, 0.5) is 16.3 Å². The van der Waals surface area contributed by atoms with Gasteiger partial charge in [-0.1, -0.05) is 0 Å². The van der Waals surface area contributed by atoms with Crippen molar-refractivity contribution in [2.45, 2.75) is 6.42 Å². The van der Waals surface area contributed by atoms with Crippen molar-refractivity contribution in [1.82, 2.24) is 20.2 Å². The third-order valence-electron chi connectivity index (χ3n) is 5.01. The zero-order valence-electron chi connectivity index (χ0n) is 15.6. The van der Waals surface area contributed by atoms with Crippen molar-refractivity contribution in [3.8, 4) is 5.88 Å². The molecule has 2 aromatic rings. The number of piperazine rings is 1. The van der Waals surface area contributed by atoms with E-state index in [0.29, 0.717) is 49.9 Å². The molecule has 146 valence electrons. The van der Waals surface area contributed by atoms with E-state index in [1.165, 1.54) is 6.33 Å². The molecule has 2 aliphatic rings. The fraction of sp³-hybridized carbons (Fsp3) is 0.368. The van der Waals surface area contributed by atoms with E-state index in [-0.39, 0.29) is 11.9 Å². The third kappa shape index (κ3) is 3.68. The summed E-state index contributed by atoms with van der Waals surface area (Å²) in [4.78, 5) is 36.6. The van der Waals surface area contributed by atoms with E-state index in [1.54, 1.807) is 30.2 Å². The van der Waals surface area contributed by atoms with Gasteiger partial charge in [0.1, 0.15) is 12.1 Å². The maximum Gasteiger partial charge on any atom is 0.321 e. The summed E-state index contributed by atoms with van der Waals surface area (Å²) >= 11 is 0. The molecule has 9 heteroatoms. The minimum Gasteiger partial charge on any atom is -0.481 e. The van der Waals surface area contributed by atoms with Crippen LogP contribution in [0, 0.1) is 0 Å². The zero-order chi connectivity index (χ0) is 19.5. The van der Waals surface area contributed by atoms with Crippen LogP contribution in [0.2, 0.25) is 0 Å². The largest absolute Gasteiger partial charge is 0.481 e. The van der Waals surface area contributed by atoms with E-state index < -0.39 is 0 Å². The molecule has 3 amide bonds. The number of methoxy groups -OCH3 is 1. The standard InChI is InChI=1S/C19H22N6O3/c1-28-17-11-16(21-12-22-17)24-6-8-25(9-7-24)19(27)23-14-2-3-15-13(10-14)4-5-20-18(15)26/h2-3,10-12H,4-9H2,1H3,(H,20,26)(H,23,27). The molecular formula is C19H22N6O3. The molecule has 28 heavy (non-hydrogen) atoms. The van der Waals surface area contributed by atoms with Crippen molar-refractivity contribution >= 4 is 23.4 Å². The molecular weight excluding hydrogens is 360 g/mol. The van der Waals surface area contributed by atoms with Gasteiger partial charge in [0.2, 0.25) is 5.88 Å². The number of carbonyl (C=O) groups excluding carboxylic acids is 2. The Bertz CT molecular complexity index is 895. The number of nitrogens with one attached hydrogen (secondary N) is 2. The minimum absolute atomic E-state index is 0.0587. The Morgan fingerprint density at radius 1 is 1.18 bits per heavy atom. The average molecular weight is 382 g/mol. The summed E-state index contributed by atoms with van der Waals surface area (Å²) < 4.78 is 5.14. The van der Waals surface area contributed by atoms with E-state index in [1.807, 2.05) is 6.07 Å². The first-order valence-corrected chi connectivity index (χ1v) is 9.22. The number of hydrogen-bond acceptors (Lipinski definition) is 6. The van der Waals surface area contributed by atoms with Gasteiger partial charge in [-0.25, -0.2) is 14.8 Å². The summed E-state index contributed by atoms with van der Waals surface area (Å²) in [5, 5.41) is 5.76. The SMILES string of the molecule is COc1cc(N2CCN(C(=O)Nc3ccc4c(c3)CCNC4=O)CC2)ncn1. The van der Waals surface area contributed by atoms with Crippen LogP contribution in [0.15, 0.2) is 30.6 Å². The smallest absolute Gasteiger partial charge is 0.321 e. The van der Waals surface area contributed by atoms with Crippen LogP contribution >= 0.6 is 0 Å². The van der Waals surface area contributed by atoms with Gasteiger partial charge in [0.15, 0.2) is 0 Å². The molecule has 1 aromatic heterocycles.